The number of ether oxygens (including phenoxy) is 1. The molecule has 1 heterocycles. The van der Waals surface area contributed by atoms with Crippen molar-refractivity contribution in [3.8, 4) is 0 Å². The molecule has 0 unspecified atom stereocenters. The van der Waals surface area contributed by atoms with Crippen LogP contribution in [-0.2, 0) is 4.74 Å². The Morgan fingerprint density at radius 3 is 2.27 bits per heavy atom. The molecule has 0 aliphatic carbocycles. The Balaban J connectivity index is 2.63. The highest BCUT2D eigenvalue weighted by Crippen LogP contribution is 2.24. The van der Waals surface area contributed by atoms with Crippen LogP contribution in [-0.4, -0.2) is 44.7 Å². The topological polar surface area (TPSA) is 69.9 Å². The predicted molar refractivity (Wildman–Crippen MR) is 41.3 cm³/mol. The fourth-order valence-electron chi connectivity index (χ4n) is 1.01. The molecule has 3 N–H and O–H groups in total. The molecule has 66 valence electrons. The normalized spacial score (nSPS) is 52.6. The van der Waals surface area contributed by atoms with Crippen LogP contribution in [0.25, 0.3) is 0 Å². The van der Waals surface area contributed by atoms with Gasteiger partial charge in [-0.2, -0.15) is 0 Å². The van der Waals surface area contributed by atoms with Crippen molar-refractivity contribution >= 4 is 15.9 Å². The van der Waals surface area contributed by atoms with Crippen molar-refractivity contribution in [2.45, 2.75) is 36.4 Å². The number of hydrogen-bond donors (Lipinski definition) is 3. The van der Waals surface area contributed by atoms with Crippen LogP contribution in [0.1, 0.15) is 6.92 Å². The van der Waals surface area contributed by atoms with Gasteiger partial charge in [0.15, 0.2) is 6.29 Å². The van der Waals surface area contributed by atoms with Crippen LogP contribution < -0.4 is 0 Å². The quantitative estimate of drug-likeness (QED) is 0.474. The van der Waals surface area contributed by atoms with Crippen molar-refractivity contribution in [1.82, 2.24) is 0 Å². The summed E-state index contributed by atoms with van der Waals surface area (Å²) in [5.41, 5.74) is 0. The van der Waals surface area contributed by atoms with Crippen LogP contribution in [0.5, 0.6) is 0 Å². The maximum absolute atomic E-state index is 9.25. The lowest BCUT2D eigenvalue weighted by atomic mass is 10.0. The molecular weight excluding hydrogens is 216 g/mol. The zero-order valence-electron chi connectivity index (χ0n) is 6.01. The Labute approximate surface area is 72.9 Å². The minimum Gasteiger partial charge on any atom is -0.389 e. The highest BCUT2D eigenvalue weighted by Gasteiger charge is 2.40. The lowest BCUT2D eigenvalue weighted by molar-refractivity contribution is -0.220. The van der Waals surface area contributed by atoms with Gasteiger partial charge in [-0.15, -0.1) is 0 Å². The zero-order valence-corrected chi connectivity index (χ0v) is 7.60. The number of aliphatic hydroxyl groups is 3. The minimum atomic E-state index is -1.05. The van der Waals surface area contributed by atoms with Crippen molar-refractivity contribution in [3.63, 3.8) is 0 Å². The van der Waals surface area contributed by atoms with Crippen LogP contribution in [0.15, 0.2) is 0 Å². The monoisotopic (exact) mass is 226 g/mol. The second-order valence-electron chi connectivity index (χ2n) is 2.66. The molecular formula is C6H11BrO4. The molecule has 0 aromatic carbocycles. The number of hydrogen-bond acceptors (Lipinski definition) is 4. The smallest absolute Gasteiger partial charge is 0.170 e. The molecule has 11 heavy (non-hydrogen) atoms. The van der Waals surface area contributed by atoms with Crippen LogP contribution >= 0.6 is 15.9 Å². The lowest BCUT2D eigenvalue weighted by Crippen LogP contribution is -2.54. The maximum Gasteiger partial charge on any atom is 0.170 e. The van der Waals surface area contributed by atoms with Crippen molar-refractivity contribution < 1.29 is 20.1 Å². The van der Waals surface area contributed by atoms with E-state index >= 15 is 0 Å². The van der Waals surface area contributed by atoms with E-state index < -0.39 is 29.4 Å². The molecule has 1 saturated heterocycles. The molecule has 0 aromatic rings. The second kappa shape index (κ2) is 3.37. The van der Waals surface area contributed by atoms with Crippen molar-refractivity contribution in [3.05, 3.63) is 0 Å². The fraction of sp³-hybridized carbons (Fsp3) is 1.00. The molecule has 0 aromatic heterocycles. The van der Waals surface area contributed by atoms with E-state index in [-0.39, 0.29) is 0 Å². The SMILES string of the molecule is C[C@@H]1O[C@@H](O)[C@@H](Br)[C@H](O)[C@@H]1O. The van der Waals surface area contributed by atoms with Gasteiger partial charge in [-0.05, 0) is 6.92 Å². The Morgan fingerprint density at radius 2 is 1.73 bits per heavy atom. The Hall–Kier alpha value is 0.320. The van der Waals surface area contributed by atoms with E-state index in [0.29, 0.717) is 0 Å². The highest BCUT2D eigenvalue weighted by molar-refractivity contribution is 9.09. The third-order valence-corrected chi connectivity index (χ3v) is 2.78. The largest absolute Gasteiger partial charge is 0.389 e. The van der Waals surface area contributed by atoms with Crippen molar-refractivity contribution in [2.75, 3.05) is 0 Å². The summed E-state index contributed by atoms with van der Waals surface area (Å²) in [6.45, 7) is 1.59. The summed E-state index contributed by atoms with van der Waals surface area (Å²) in [7, 11) is 0. The van der Waals surface area contributed by atoms with E-state index in [1.807, 2.05) is 0 Å². The predicted octanol–water partition coefficient (Wildman–Crippen LogP) is -0.791. The molecule has 0 bridgehead atoms. The van der Waals surface area contributed by atoms with Gasteiger partial charge in [-0.3, -0.25) is 0 Å². The van der Waals surface area contributed by atoms with Gasteiger partial charge in [0.1, 0.15) is 6.10 Å². The average molecular weight is 227 g/mol. The van der Waals surface area contributed by atoms with E-state index in [2.05, 4.69) is 15.9 Å². The van der Waals surface area contributed by atoms with Crippen LogP contribution in [0.2, 0.25) is 0 Å². The first-order valence-electron chi connectivity index (χ1n) is 3.37. The van der Waals surface area contributed by atoms with E-state index in [1.165, 1.54) is 0 Å². The van der Waals surface area contributed by atoms with Gasteiger partial charge >= 0.3 is 0 Å². The summed E-state index contributed by atoms with van der Waals surface area (Å²) in [6, 6.07) is 0. The van der Waals surface area contributed by atoms with E-state index in [4.69, 9.17) is 9.84 Å². The van der Waals surface area contributed by atoms with Gasteiger partial charge in [-0.25, -0.2) is 0 Å². The van der Waals surface area contributed by atoms with E-state index in [9.17, 15) is 10.2 Å². The number of halogens is 1. The fourth-order valence-corrected chi connectivity index (χ4v) is 1.45. The van der Waals surface area contributed by atoms with Gasteiger partial charge in [0.05, 0.1) is 17.0 Å². The molecule has 5 atom stereocenters. The standard InChI is InChI=1S/C6H11BrO4/c1-2-4(8)5(9)3(7)6(10)11-2/h2-6,8-10H,1H3/t2-,3-,4+,5-,6+/m0/s1. The third kappa shape index (κ3) is 1.73. The Morgan fingerprint density at radius 1 is 1.18 bits per heavy atom. The molecule has 1 aliphatic heterocycles. The summed E-state index contributed by atoms with van der Waals surface area (Å²) in [5, 5.41) is 27.6. The molecule has 0 amide bonds. The Kier molecular flexibility index (Phi) is 2.88. The van der Waals surface area contributed by atoms with Crippen LogP contribution in [0, 0.1) is 0 Å². The summed E-state index contributed by atoms with van der Waals surface area (Å²) < 4.78 is 4.88. The van der Waals surface area contributed by atoms with Gasteiger partial charge < -0.3 is 20.1 Å². The Bertz CT molecular complexity index is 129. The van der Waals surface area contributed by atoms with Crippen LogP contribution in [0.3, 0.4) is 0 Å². The minimum absolute atomic E-state index is 0.534. The summed E-state index contributed by atoms with van der Waals surface area (Å²) in [4.78, 5) is -0.617. The van der Waals surface area contributed by atoms with E-state index in [0.717, 1.165) is 0 Å². The molecule has 0 saturated carbocycles. The number of rotatable bonds is 0. The first-order valence-corrected chi connectivity index (χ1v) is 4.29. The van der Waals surface area contributed by atoms with Gasteiger partial charge in [0.2, 0.25) is 0 Å². The third-order valence-electron chi connectivity index (χ3n) is 1.78. The summed E-state index contributed by atoms with van der Waals surface area (Å²) in [6.07, 6.45) is -3.51. The molecule has 0 spiro atoms. The number of aliphatic hydroxyl groups excluding tert-OH is 3. The molecule has 1 rings (SSSR count). The van der Waals surface area contributed by atoms with Crippen molar-refractivity contribution in [2.24, 2.45) is 0 Å². The van der Waals surface area contributed by atoms with Gasteiger partial charge in [0, 0.05) is 0 Å². The van der Waals surface area contributed by atoms with Crippen molar-refractivity contribution in [1.29, 1.82) is 0 Å². The molecule has 5 heteroatoms. The molecule has 1 fully saturated rings. The van der Waals surface area contributed by atoms with Gasteiger partial charge in [-0.1, -0.05) is 15.9 Å². The second-order valence-corrected chi connectivity index (χ2v) is 3.71. The van der Waals surface area contributed by atoms with Gasteiger partial charge in [0.25, 0.3) is 0 Å². The lowest BCUT2D eigenvalue weighted by Gasteiger charge is -2.36. The molecule has 0 radical (unpaired) electrons. The molecule has 1 aliphatic rings. The zero-order chi connectivity index (χ0) is 8.59. The van der Waals surface area contributed by atoms with E-state index in [1.54, 1.807) is 6.92 Å². The summed E-state index contributed by atoms with van der Waals surface area (Å²) in [5.74, 6) is 0. The maximum atomic E-state index is 9.25. The van der Waals surface area contributed by atoms with Crippen LogP contribution in [0.4, 0.5) is 0 Å². The summed E-state index contributed by atoms with van der Waals surface area (Å²) >= 11 is 3.00. The first kappa shape index (κ1) is 9.41. The highest BCUT2D eigenvalue weighted by atomic mass is 79.9. The first-order chi connectivity index (χ1) is 5.04. The number of alkyl halides is 1. The molecule has 4 nitrogen and oxygen atoms in total. The average Bonchev–Trinajstić information content (AvgIpc) is 1.97.